The first-order valence-corrected chi connectivity index (χ1v) is 3.46. The summed E-state index contributed by atoms with van der Waals surface area (Å²) in [6.07, 6.45) is 3.64. The average molecular weight is 154 g/mol. The van der Waals surface area contributed by atoms with Gasteiger partial charge in [-0.15, -0.1) is 0 Å². The minimum Gasteiger partial charge on any atom is -0.391 e. The van der Waals surface area contributed by atoms with Gasteiger partial charge in [-0.25, -0.2) is 4.57 Å². The Hall–Kier alpha value is -0.930. The molecule has 1 heterocycles. The number of pyridine rings is 1. The zero-order valence-electron chi connectivity index (χ0n) is 6.49. The number of nitrogens with zero attached hydrogens (tertiary/aromatic N) is 1. The van der Waals surface area contributed by atoms with Crippen LogP contribution in [-0.4, -0.2) is 10.2 Å². The van der Waals surface area contributed by atoms with Crippen molar-refractivity contribution in [3.63, 3.8) is 0 Å². The second-order valence-corrected chi connectivity index (χ2v) is 2.53. The lowest BCUT2D eigenvalue weighted by atomic mass is 10.2. The largest absolute Gasteiger partial charge is 0.391 e. The Morgan fingerprint density at radius 1 is 1.18 bits per heavy atom. The molecule has 0 saturated heterocycles. The monoisotopic (exact) mass is 154 g/mol. The Labute approximate surface area is 65.5 Å². The molecule has 60 valence electrons. The van der Waals surface area contributed by atoms with Crippen molar-refractivity contribution in [3.8, 4) is 0 Å². The predicted molar refractivity (Wildman–Crippen MR) is 39.5 cm³/mol. The molecule has 0 aliphatic heterocycles. The number of aliphatic hydroxyl groups excluding tert-OH is 2. The molecule has 0 aromatic carbocycles. The Kier molecular flexibility index (Phi) is 2.57. The molecule has 1 aromatic rings. The fourth-order valence-electron chi connectivity index (χ4n) is 1.05. The van der Waals surface area contributed by atoms with Gasteiger partial charge in [0, 0.05) is 11.1 Å². The molecule has 1 rings (SSSR count). The zero-order chi connectivity index (χ0) is 8.27. The van der Waals surface area contributed by atoms with Gasteiger partial charge in [0.15, 0.2) is 12.4 Å². The van der Waals surface area contributed by atoms with E-state index in [1.807, 2.05) is 24.0 Å². The molecular formula is C8H12NO2+. The second kappa shape index (κ2) is 3.46. The summed E-state index contributed by atoms with van der Waals surface area (Å²) in [5.41, 5.74) is 1.64. The molecule has 0 radical (unpaired) electrons. The Morgan fingerprint density at radius 3 is 2.00 bits per heavy atom. The van der Waals surface area contributed by atoms with Crippen LogP contribution in [0.5, 0.6) is 0 Å². The molecule has 0 bridgehead atoms. The molecule has 11 heavy (non-hydrogen) atoms. The molecule has 3 nitrogen and oxygen atoms in total. The van der Waals surface area contributed by atoms with E-state index in [0.717, 1.165) is 11.1 Å². The van der Waals surface area contributed by atoms with Crippen molar-refractivity contribution >= 4 is 0 Å². The van der Waals surface area contributed by atoms with E-state index in [1.54, 1.807) is 6.07 Å². The summed E-state index contributed by atoms with van der Waals surface area (Å²) in [5, 5.41) is 17.6. The third kappa shape index (κ3) is 2.00. The Morgan fingerprint density at radius 2 is 1.64 bits per heavy atom. The van der Waals surface area contributed by atoms with E-state index >= 15 is 0 Å². The summed E-state index contributed by atoms with van der Waals surface area (Å²) in [4.78, 5) is 0. The summed E-state index contributed by atoms with van der Waals surface area (Å²) >= 11 is 0. The van der Waals surface area contributed by atoms with Gasteiger partial charge < -0.3 is 10.2 Å². The molecular weight excluding hydrogens is 142 g/mol. The first-order chi connectivity index (χ1) is 5.26. The summed E-state index contributed by atoms with van der Waals surface area (Å²) in [6, 6.07) is 1.78. The van der Waals surface area contributed by atoms with Gasteiger partial charge in [-0.2, -0.15) is 0 Å². The molecule has 0 saturated carbocycles. The van der Waals surface area contributed by atoms with Crippen LogP contribution in [0.2, 0.25) is 0 Å². The first-order valence-electron chi connectivity index (χ1n) is 3.46. The maximum Gasteiger partial charge on any atom is 0.174 e. The highest BCUT2D eigenvalue weighted by Gasteiger charge is 2.01. The molecule has 0 spiro atoms. The third-order valence-electron chi connectivity index (χ3n) is 1.47. The van der Waals surface area contributed by atoms with Crippen molar-refractivity contribution in [1.29, 1.82) is 0 Å². The van der Waals surface area contributed by atoms with Gasteiger partial charge >= 0.3 is 0 Å². The number of hydrogen-bond donors (Lipinski definition) is 2. The van der Waals surface area contributed by atoms with E-state index in [4.69, 9.17) is 10.2 Å². The van der Waals surface area contributed by atoms with Gasteiger partial charge in [-0.05, 0) is 6.07 Å². The lowest BCUT2D eigenvalue weighted by Crippen LogP contribution is -2.28. The van der Waals surface area contributed by atoms with E-state index in [2.05, 4.69) is 0 Å². The third-order valence-corrected chi connectivity index (χ3v) is 1.47. The van der Waals surface area contributed by atoms with Crippen molar-refractivity contribution in [1.82, 2.24) is 0 Å². The van der Waals surface area contributed by atoms with Crippen LogP contribution < -0.4 is 4.57 Å². The highest BCUT2D eigenvalue weighted by molar-refractivity contribution is 5.13. The van der Waals surface area contributed by atoms with Gasteiger partial charge in [-0.3, -0.25) is 0 Å². The highest BCUT2D eigenvalue weighted by Crippen LogP contribution is 2.00. The number of aryl methyl sites for hydroxylation is 1. The first kappa shape index (κ1) is 8.17. The smallest absolute Gasteiger partial charge is 0.174 e. The number of hydrogen-bond acceptors (Lipinski definition) is 2. The minimum atomic E-state index is 0.0156. The quantitative estimate of drug-likeness (QED) is 0.564. The molecule has 0 aliphatic carbocycles. The predicted octanol–water partition coefficient (Wildman–Crippen LogP) is -0.504. The fraction of sp³-hybridized carbons (Fsp3) is 0.375. The summed E-state index contributed by atoms with van der Waals surface area (Å²) < 4.78 is 1.82. The van der Waals surface area contributed by atoms with E-state index in [9.17, 15) is 0 Å². The van der Waals surface area contributed by atoms with Gasteiger partial charge in [0.2, 0.25) is 0 Å². The van der Waals surface area contributed by atoms with Gasteiger partial charge in [0.05, 0.1) is 13.2 Å². The Balaban J connectivity index is 3.02. The average Bonchev–Trinajstić information content (AvgIpc) is 2.03. The van der Waals surface area contributed by atoms with Crippen LogP contribution in [0.15, 0.2) is 18.5 Å². The van der Waals surface area contributed by atoms with Crippen molar-refractivity contribution in [2.24, 2.45) is 7.05 Å². The highest BCUT2D eigenvalue weighted by atomic mass is 16.3. The standard InChI is InChI=1S/C8H12NO2/c1-9-3-7(5-10)2-8(4-9)6-11/h2-4,10-11H,5-6H2,1H3/q+1. The lowest BCUT2D eigenvalue weighted by molar-refractivity contribution is -0.672. The molecule has 2 N–H and O–H groups in total. The Bertz CT molecular complexity index is 226. The van der Waals surface area contributed by atoms with Crippen LogP contribution in [0.4, 0.5) is 0 Å². The van der Waals surface area contributed by atoms with Crippen LogP contribution in [-0.2, 0) is 20.3 Å². The van der Waals surface area contributed by atoms with Crippen molar-refractivity contribution < 1.29 is 14.8 Å². The van der Waals surface area contributed by atoms with E-state index in [-0.39, 0.29) is 13.2 Å². The lowest BCUT2D eigenvalue weighted by Gasteiger charge is -1.97. The maximum absolute atomic E-state index is 8.79. The summed E-state index contributed by atoms with van der Waals surface area (Å²) in [5.74, 6) is 0. The molecule has 0 amide bonds. The zero-order valence-corrected chi connectivity index (χ0v) is 6.49. The summed E-state index contributed by atoms with van der Waals surface area (Å²) in [7, 11) is 1.86. The van der Waals surface area contributed by atoms with Crippen LogP contribution >= 0.6 is 0 Å². The molecule has 3 heteroatoms. The topological polar surface area (TPSA) is 44.3 Å². The van der Waals surface area contributed by atoms with Crippen molar-refractivity contribution in [2.75, 3.05) is 0 Å². The summed E-state index contributed by atoms with van der Waals surface area (Å²) in [6.45, 7) is 0.0311. The molecule has 0 fully saturated rings. The fourth-order valence-corrected chi connectivity index (χ4v) is 1.05. The molecule has 1 aromatic heterocycles. The van der Waals surface area contributed by atoms with Crippen LogP contribution in [0, 0.1) is 0 Å². The normalized spacial score (nSPS) is 10.1. The SMILES string of the molecule is C[n+]1cc(CO)cc(CO)c1. The van der Waals surface area contributed by atoms with Gasteiger partial charge in [0.25, 0.3) is 0 Å². The van der Waals surface area contributed by atoms with E-state index in [0.29, 0.717) is 0 Å². The maximum atomic E-state index is 8.79. The molecule has 0 aliphatic rings. The van der Waals surface area contributed by atoms with Crippen LogP contribution in [0.25, 0.3) is 0 Å². The molecule has 0 atom stereocenters. The van der Waals surface area contributed by atoms with Crippen LogP contribution in [0.1, 0.15) is 11.1 Å². The van der Waals surface area contributed by atoms with Crippen molar-refractivity contribution in [3.05, 3.63) is 29.6 Å². The molecule has 0 unspecified atom stereocenters. The minimum absolute atomic E-state index is 0.0156. The number of rotatable bonds is 2. The second-order valence-electron chi connectivity index (χ2n) is 2.53. The van der Waals surface area contributed by atoms with E-state index in [1.165, 1.54) is 0 Å². The number of aliphatic hydroxyl groups is 2. The van der Waals surface area contributed by atoms with Crippen LogP contribution in [0.3, 0.4) is 0 Å². The van der Waals surface area contributed by atoms with Gasteiger partial charge in [0.1, 0.15) is 7.05 Å². The van der Waals surface area contributed by atoms with Crippen molar-refractivity contribution in [2.45, 2.75) is 13.2 Å². The van der Waals surface area contributed by atoms with Gasteiger partial charge in [-0.1, -0.05) is 0 Å². The number of aromatic nitrogens is 1. The van der Waals surface area contributed by atoms with E-state index < -0.39 is 0 Å².